The Kier molecular flexibility index (Phi) is 12.6. The highest BCUT2D eigenvalue weighted by molar-refractivity contribution is 5.95. The van der Waals surface area contributed by atoms with Crippen LogP contribution in [0.1, 0.15) is 32.7 Å². The van der Waals surface area contributed by atoms with Crippen LogP contribution in [0.4, 0.5) is 5.82 Å². The van der Waals surface area contributed by atoms with E-state index in [4.69, 9.17) is 18.9 Å². The van der Waals surface area contributed by atoms with Crippen LogP contribution in [-0.4, -0.2) is 70.2 Å². The predicted octanol–water partition coefficient (Wildman–Crippen LogP) is 2.66. The molecule has 1 aromatic rings. The van der Waals surface area contributed by atoms with Crippen molar-refractivity contribution in [2.75, 3.05) is 64.7 Å². The maximum Gasteiger partial charge on any atom is 0.183 e. The number of aromatic nitrogens is 1. The lowest BCUT2D eigenvalue weighted by atomic mass is 10.1. The van der Waals surface area contributed by atoms with Crippen molar-refractivity contribution < 1.29 is 25.2 Å². The summed E-state index contributed by atoms with van der Waals surface area (Å²) in [6, 6.07) is 5.41. The Bertz CT molecular complexity index is 503. The Labute approximate surface area is 157 Å². The van der Waals surface area contributed by atoms with Crippen molar-refractivity contribution in [3.8, 4) is 0 Å². The van der Waals surface area contributed by atoms with Crippen LogP contribution in [0.5, 0.6) is 0 Å². The molecule has 0 bridgehead atoms. The maximum absolute atomic E-state index is 11.9. The first kappa shape index (κ1) is 22.5. The number of carbonyl (C=O) groups is 1. The number of carbonyl (C=O) groups excluding carboxylic acids is 1. The molecule has 0 saturated carbocycles. The van der Waals surface area contributed by atoms with Crippen molar-refractivity contribution in [1.82, 2.24) is 4.98 Å². The van der Waals surface area contributed by atoms with Crippen LogP contribution in [0.2, 0.25) is 0 Å². The van der Waals surface area contributed by atoms with Crippen LogP contribution in [-0.2, 0) is 18.9 Å². The van der Waals surface area contributed by atoms with Crippen molar-refractivity contribution in [1.29, 1.82) is 0 Å². The third kappa shape index (κ3) is 10.5. The fraction of sp³-hybridized carbons (Fsp3) is 0.684. The summed E-state index contributed by atoms with van der Waals surface area (Å²) in [5, 5.41) is 3.15. The summed E-state index contributed by atoms with van der Waals surface area (Å²) in [5.74, 6) is 0.667. The first-order valence-electron chi connectivity index (χ1n) is 9.21. The van der Waals surface area contributed by atoms with E-state index < -0.39 is 0 Å². The molecule has 150 valence electrons. The number of pyridine rings is 1. The molecule has 1 rings (SSSR count). The summed E-state index contributed by atoms with van der Waals surface area (Å²) >= 11 is 0. The Morgan fingerprint density at radius 1 is 1.00 bits per heavy atom. The highest BCUT2D eigenvalue weighted by atomic mass is 16.6. The van der Waals surface area contributed by atoms with E-state index in [0.29, 0.717) is 70.9 Å². The van der Waals surface area contributed by atoms with Crippen LogP contribution in [0.3, 0.4) is 0 Å². The van der Waals surface area contributed by atoms with Crippen molar-refractivity contribution in [2.24, 2.45) is 5.92 Å². The van der Waals surface area contributed by atoms with E-state index in [2.05, 4.69) is 10.3 Å². The SMILES string of the molecule is CCOCCOCCOCCOCCNc1cccc(C(=O)C(C)C)n1.[HH]. The molecular weight excluding hydrogens is 336 g/mol. The standard InChI is InChI=1S/C19H32N2O5.H2/c1-4-23-10-11-25-14-15-26-13-12-24-9-8-20-18-7-5-6-17(21-18)19(22)16(2)3;/h5-7,16H,4,8-15H2,1-3H3,(H,20,21);1H. The number of ketones is 1. The number of rotatable bonds is 16. The third-order valence-corrected chi connectivity index (χ3v) is 3.40. The summed E-state index contributed by atoms with van der Waals surface area (Å²) in [6.45, 7) is 11.0. The molecule has 7 nitrogen and oxygen atoms in total. The highest BCUT2D eigenvalue weighted by Crippen LogP contribution is 2.09. The van der Waals surface area contributed by atoms with Gasteiger partial charge in [-0.05, 0) is 19.1 Å². The molecular formula is C19H34N2O5. The van der Waals surface area contributed by atoms with Crippen LogP contribution in [0, 0.1) is 5.92 Å². The third-order valence-electron chi connectivity index (χ3n) is 3.40. The summed E-state index contributed by atoms with van der Waals surface area (Å²) < 4.78 is 21.4. The second kappa shape index (κ2) is 14.6. The number of ether oxygens (including phenoxy) is 4. The average molecular weight is 370 g/mol. The van der Waals surface area contributed by atoms with Crippen molar-refractivity contribution in [3.05, 3.63) is 23.9 Å². The Morgan fingerprint density at radius 3 is 2.15 bits per heavy atom. The number of nitrogens with zero attached hydrogens (tertiary/aromatic N) is 1. The molecule has 0 aromatic carbocycles. The molecule has 0 aliphatic carbocycles. The van der Waals surface area contributed by atoms with Gasteiger partial charge in [-0.1, -0.05) is 19.9 Å². The maximum atomic E-state index is 11.9. The molecule has 0 aliphatic heterocycles. The smallest absolute Gasteiger partial charge is 0.183 e. The van der Waals surface area contributed by atoms with Crippen molar-refractivity contribution in [2.45, 2.75) is 20.8 Å². The Balaban J connectivity index is 0.00000676. The molecule has 0 aliphatic rings. The second-order valence-corrected chi connectivity index (χ2v) is 5.89. The molecule has 0 radical (unpaired) electrons. The zero-order chi connectivity index (χ0) is 19.0. The lowest BCUT2D eigenvalue weighted by Gasteiger charge is -2.09. The zero-order valence-electron chi connectivity index (χ0n) is 16.2. The van der Waals surface area contributed by atoms with Crippen molar-refractivity contribution in [3.63, 3.8) is 0 Å². The summed E-state index contributed by atoms with van der Waals surface area (Å²) in [7, 11) is 0. The summed E-state index contributed by atoms with van der Waals surface area (Å²) in [4.78, 5) is 16.3. The molecule has 26 heavy (non-hydrogen) atoms. The lowest BCUT2D eigenvalue weighted by Crippen LogP contribution is -2.16. The minimum absolute atomic E-state index is 0. The van der Waals surface area contributed by atoms with E-state index in [1.807, 2.05) is 32.9 Å². The summed E-state index contributed by atoms with van der Waals surface area (Å²) in [5.41, 5.74) is 0.489. The molecule has 0 spiro atoms. The molecule has 0 fully saturated rings. The molecule has 0 atom stereocenters. The number of Topliss-reactive ketones (excluding diaryl/α,β-unsaturated/α-hetero) is 1. The molecule has 0 unspecified atom stereocenters. The Morgan fingerprint density at radius 2 is 1.58 bits per heavy atom. The average Bonchev–Trinajstić information content (AvgIpc) is 2.65. The quantitative estimate of drug-likeness (QED) is 0.354. The van der Waals surface area contributed by atoms with Gasteiger partial charge in [0, 0.05) is 20.5 Å². The molecule has 0 amide bonds. The Hall–Kier alpha value is -1.54. The van der Waals surface area contributed by atoms with Gasteiger partial charge in [0.2, 0.25) is 0 Å². The second-order valence-electron chi connectivity index (χ2n) is 5.89. The van der Waals surface area contributed by atoms with Gasteiger partial charge in [-0.25, -0.2) is 4.98 Å². The van der Waals surface area contributed by atoms with Gasteiger partial charge in [0.25, 0.3) is 0 Å². The van der Waals surface area contributed by atoms with E-state index >= 15 is 0 Å². The number of hydrogen-bond donors (Lipinski definition) is 1. The van der Waals surface area contributed by atoms with Gasteiger partial charge in [-0.3, -0.25) is 4.79 Å². The van der Waals surface area contributed by atoms with E-state index in [9.17, 15) is 4.79 Å². The van der Waals surface area contributed by atoms with Gasteiger partial charge in [0.15, 0.2) is 5.78 Å². The molecule has 0 saturated heterocycles. The molecule has 1 heterocycles. The van der Waals surface area contributed by atoms with Crippen LogP contribution < -0.4 is 5.32 Å². The van der Waals surface area contributed by atoms with Crippen molar-refractivity contribution >= 4 is 11.6 Å². The van der Waals surface area contributed by atoms with Crippen LogP contribution in [0.25, 0.3) is 0 Å². The van der Waals surface area contributed by atoms with Gasteiger partial charge in [0.1, 0.15) is 11.5 Å². The fourth-order valence-electron chi connectivity index (χ4n) is 2.02. The topological polar surface area (TPSA) is 78.9 Å². The van der Waals surface area contributed by atoms with E-state index in [0.717, 1.165) is 0 Å². The predicted molar refractivity (Wildman–Crippen MR) is 103 cm³/mol. The molecule has 7 heteroatoms. The van der Waals surface area contributed by atoms with Gasteiger partial charge in [-0.15, -0.1) is 0 Å². The van der Waals surface area contributed by atoms with Crippen LogP contribution >= 0.6 is 0 Å². The van der Waals surface area contributed by atoms with Gasteiger partial charge < -0.3 is 24.3 Å². The molecule has 1 N–H and O–H groups in total. The minimum Gasteiger partial charge on any atom is -0.379 e. The lowest BCUT2D eigenvalue weighted by molar-refractivity contribution is 0.000609. The monoisotopic (exact) mass is 370 g/mol. The zero-order valence-corrected chi connectivity index (χ0v) is 16.2. The largest absolute Gasteiger partial charge is 0.379 e. The van der Waals surface area contributed by atoms with E-state index in [1.54, 1.807) is 6.07 Å². The summed E-state index contributed by atoms with van der Waals surface area (Å²) in [6.07, 6.45) is 0. The number of anilines is 1. The number of hydrogen-bond acceptors (Lipinski definition) is 7. The normalized spacial score (nSPS) is 11.1. The first-order chi connectivity index (χ1) is 12.6. The van der Waals surface area contributed by atoms with E-state index in [1.165, 1.54) is 0 Å². The van der Waals surface area contributed by atoms with Gasteiger partial charge >= 0.3 is 0 Å². The fourth-order valence-corrected chi connectivity index (χ4v) is 2.02. The van der Waals surface area contributed by atoms with Crippen LogP contribution in [0.15, 0.2) is 18.2 Å². The minimum atomic E-state index is -0.0591. The van der Waals surface area contributed by atoms with E-state index in [-0.39, 0.29) is 13.1 Å². The van der Waals surface area contributed by atoms with Gasteiger partial charge in [-0.2, -0.15) is 0 Å². The number of nitrogens with one attached hydrogen (secondary N) is 1. The first-order valence-corrected chi connectivity index (χ1v) is 9.21. The highest BCUT2D eigenvalue weighted by Gasteiger charge is 2.11. The van der Waals surface area contributed by atoms with Gasteiger partial charge in [0.05, 0.1) is 46.2 Å². The molecule has 1 aromatic heterocycles.